The van der Waals surface area contributed by atoms with Crippen molar-refractivity contribution in [3.05, 3.63) is 64.6 Å². The van der Waals surface area contributed by atoms with Crippen LogP contribution in [0.2, 0.25) is 0 Å². The molecule has 8 heteroatoms. The first-order chi connectivity index (χ1) is 14.1. The summed E-state index contributed by atoms with van der Waals surface area (Å²) in [5.41, 5.74) is 6.66. The van der Waals surface area contributed by atoms with E-state index in [1.165, 1.54) is 10.6 Å². The molecule has 1 aliphatic heterocycles. The first-order valence-electron chi connectivity index (χ1n) is 9.96. The summed E-state index contributed by atoms with van der Waals surface area (Å²) >= 11 is 0. The molecule has 0 radical (unpaired) electrons. The molecule has 0 bridgehead atoms. The van der Waals surface area contributed by atoms with Crippen LogP contribution < -0.4 is 16.6 Å². The molecule has 8 nitrogen and oxygen atoms in total. The number of nitrogens with one attached hydrogen (secondary N) is 1. The van der Waals surface area contributed by atoms with Crippen molar-refractivity contribution in [3.8, 4) is 5.69 Å². The lowest BCUT2D eigenvalue weighted by Gasteiger charge is -2.37. The molecule has 2 heterocycles. The smallest absolute Gasteiger partial charge is 0.410 e. The van der Waals surface area contributed by atoms with Gasteiger partial charge in [0.15, 0.2) is 0 Å². The minimum atomic E-state index is -0.566. The van der Waals surface area contributed by atoms with Gasteiger partial charge >= 0.3 is 6.09 Å². The lowest BCUT2D eigenvalue weighted by atomic mass is 9.99. The van der Waals surface area contributed by atoms with E-state index in [-0.39, 0.29) is 17.5 Å². The van der Waals surface area contributed by atoms with Gasteiger partial charge in [-0.2, -0.15) is 0 Å². The van der Waals surface area contributed by atoms with Crippen LogP contribution in [0.5, 0.6) is 0 Å². The SMILES string of the molecule is CC(C)(C)OC(=O)N1CC[C@@H](NC(=O)c2ccc(-n3ccccc3=O)cc2)[C@@H](N)C1. The molecular weight excluding hydrogens is 384 g/mol. The molecule has 3 N–H and O–H groups in total. The third kappa shape index (κ3) is 5.27. The number of amides is 2. The van der Waals surface area contributed by atoms with E-state index in [9.17, 15) is 14.4 Å². The molecule has 1 saturated heterocycles. The van der Waals surface area contributed by atoms with Crippen molar-refractivity contribution >= 4 is 12.0 Å². The molecule has 0 aliphatic carbocycles. The largest absolute Gasteiger partial charge is 0.444 e. The van der Waals surface area contributed by atoms with Gasteiger partial charge in [0, 0.05) is 48.7 Å². The molecule has 1 aromatic carbocycles. The third-order valence-electron chi connectivity index (χ3n) is 4.86. The first kappa shape index (κ1) is 21.6. The predicted octanol–water partition coefficient (Wildman–Crippen LogP) is 1.90. The van der Waals surface area contributed by atoms with Crippen LogP contribution in [0.4, 0.5) is 4.79 Å². The van der Waals surface area contributed by atoms with Gasteiger partial charge in [0.05, 0.1) is 0 Å². The van der Waals surface area contributed by atoms with Crippen molar-refractivity contribution in [1.82, 2.24) is 14.8 Å². The molecule has 0 unspecified atom stereocenters. The van der Waals surface area contributed by atoms with Crippen LogP contribution in [0, 0.1) is 0 Å². The predicted molar refractivity (Wildman–Crippen MR) is 114 cm³/mol. The highest BCUT2D eigenvalue weighted by atomic mass is 16.6. The second-order valence-corrected chi connectivity index (χ2v) is 8.41. The number of aromatic nitrogens is 1. The maximum atomic E-state index is 12.6. The summed E-state index contributed by atoms with van der Waals surface area (Å²) in [6, 6.07) is 11.1. The Morgan fingerprint density at radius 1 is 1.13 bits per heavy atom. The van der Waals surface area contributed by atoms with Gasteiger partial charge in [0.2, 0.25) is 0 Å². The number of piperidine rings is 1. The number of likely N-dealkylation sites (tertiary alicyclic amines) is 1. The molecule has 3 rings (SSSR count). The molecular formula is C22H28N4O4. The summed E-state index contributed by atoms with van der Waals surface area (Å²) < 4.78 is 6.89. The fourth-order valence-corrected chi connectivity index (χ4v) is 3.32. The van der Waals surface area contributed by atoms with Gasteiger partial charge in [-0.25, -0.2) is 4.79 Å². The van der Waals surface area contributed by atoms with Crippen LogP contribution in [-0.2, 0) is 4.74 Å². The molecule has 2 atom stereocenters. The van der Waals surface area contributed by atoms with E-state index >= 15 is 0 Å². The molecule has 0 saturated carbocycles. The lowest BCUT2D eigenvalue weighted by molar-refractivity contribution is 0.0179. The Morgan fingerprint density at radius 3 is 2.43 bits per heavy atom. The Morgan fingerprint density at radius 2 is 1.83 bits per heavy atom. The van der Waals surface area contributed by atoms with Gasteiger partial charge in [-0.1, -0.05) is 6.07 Å². The Balaban J connectivity index is 1.59. The number of nitrogens with zero attached hydrogens (tertiary/aromatic N) is 2. The average molecular weight is 412 g/mol. The quantitative estimate of drug-likeness (QED) is 0.801. The van der Waals surface area contributed by atoms with Crippen molar-refractivity contribution < 1.29 is 14.3 Å². The Labute approximate surface area is 175 Å². The maximum Gasteiger partial charge on any atom is 0.410 e. The molecule has 30 heavy (non-hydrogen) atoms. The number of hydrogen-bond acceptors (Lipinski definition) is 5. The van der Waals surface area contributed by atoms with E-state index in [1.54, 1.807) is 47.5 Å². The highest BCUT2D eigenvalue weighted by molar-refractivity contribution is 5.94. The summed E-state index contributed by atoms with van der Waals surface area (Å²) in [6.45, 7) is 6.23. The molecule has 160 valence electrons. The summed E-state index contributed by atoms with van der Waals surface area (Å²) in [4.78, 5) is 38.4. The monoisotopic (exact) mass is 412 g/mol. The number of pyridine rings is 1. The van der Waals surface area contributed by atoms with Crippen molar-refractivity contribution in [2.75, 3.05) is 13.1 Å². The van der Waals surface area contributed by atoms with E-state index in [4.69, 9.17) is 10.5 Å². The number of rotatable bonds is 3. The highest BCUT2D eigenvalue weighted by Crippen LogP contribution is 2.16. The molecule has 2 aromatic rings. The highest BCUT2D eigenvalue weighted by Gasteiger charge is 2.32. The second kappa shape index (κ2) is 8.71. The molecule has 2 amide bonds. The van der Waals surface area contributed by atoms with Crippen molar-refractivity contribution in [3.63, 3.8) is 0 Å². The van der Waals surface area contributed by atoms with E-state index in [2.05, 4.69) is 5.32 Å². The standard InChI is InChI=1S/C22H28N4O4/c1-22(2,3)30-21(29)25-13-11-18(17(23)14-25)24-20(28)15-7-9-16(10-8-15)26-12-5-4-6-19(26)27/h4-10,12,17-18H,11,13-14,23H2,1-3H3,(H,24,28)/t17-,18+/m0/s1. The molecule has 1 aromatic heterocycles. The van der Waals surface area contributed by atoms with Gasteiger partial charge < -0.3 is 20.7 Å². The van der Waals surface area contributed by atoms with Crippen LogP contribution in [0.15, 0.2) is 53.5 Å². The number of nitrogens with two attached hydrogens (primary N) is 1. The van der Waals surface area contributed by atoms with Gasteiger partial charge in [0.25, 0.3) is 11.5 Å². The summed E-state index contributed by atoms with van der Waals surface area (Å²) in [5, 5.41) is 2.95. The second-order valence-electron chi connectivity index (χ2n) is 8.41. The number of ether oxygens (including phenoxy) is 1. The van der Waals surface area contributed by atoms with Crippen molar-refractivity contribution in [2.45, 2.75) is 44.9 Å². The maximum absolute atomic E-state index is 12.6. The van der Waals surface area contributed by atoms with Crippen LogP contribution in [0.1, 0.15) is 37.6 Å². The third-order valence-corrected chi connectivity index (χ3v) is 4.86. The Hall–Kier alpha value is -3.13. The Bertz CT molecular complexity index is 962. The number of benzene rings is 1. The fraction of sp³-hybridized carbons (Fsp3) is 0.409. The van der Waals surface area contributed by atoms with Crippen LogP contribution in [-0.4, -0.2) is 52.2 Å². The van der Waals surface area contributed by atoms with Crippen LogP contribution in [0.3, 0.4) is 0 Å². The Kier molecular flexibility index (Phi) is 6.26. The minimum absolute atomic E-state index is 0.141. The normalized spacial score (nSPS) is 19.3. The van der Waals surface area contributed by atoms with Crippen LogP contribution >= 0.6 is 0 Å². The molecule has 1 aliphatic rings. The topological polar surface area (TPSA) is 107 Å². The minimum Gasteiger partial charge on any atom is -0.444 e. The van der Waals surface area contributed by atoms with Gasteiger partial charge in [-0.05, 0) is 57.5 Å². The van der Waals surface area contributed by atoms with E-state index in [1.807, 2.05) is 20.8 Å². The van der Waals surface area contributed by atoms with Gasteiger partial charge in [-0.3, -0.25) is 14.2 Å². The summed E-state index contributed by atoms with van der Waals surface area (Å²) in [5.74, 6) is -0.242. The fourth-order valence-electron chi connectivity index (χ4n) is 3.32. The zero-order valence-corrected chi connectivity index (χ0v) is 17.5. The van der Waals surface area contributed by atoms with E-state index in [0.29, 0.717) is 30.8 Å². The van der Waals surface area contributed by atoms with Crippen molar-refractivity contribution in [2.24, 2.45) is 5.73 Å². The zero-order valence-electron chi connectivity index (χ0n) is 17.5. The van der Waals surface area contributed by atoms with Crippen molar-refractivity contribution in [1.29, 1.82) is 0 Å². The zero-order chi connectivity index (χ0) is 21.9. The van der Waals surface area contributed by atoms with Gasteiger partial charge in [-0.15, -0.1) is 0 Å². The average Bonchev–Trinajstić information content (AvgIpc) is 2.68. The number of hydrogen-bond donors (Lipinski definition) is 2. The van der Waals surface area contributed by atoms with E-state index < -0.39 is 17.7 Å². The first-order valence-corrected chi connectivity index (χ1v) is 9.96. The summed E-state index contributed by atoms with van der Waals surface area (Å²) in [7, 11) is 0. The molecule has 0 spiro atoms. The molecule has 1 fully saturated rings. The summed E-state index contributed by atoms with van der Waals surface area (Å²) in [6.07, 6.45) is 1.83. The van der Waals surface area contributed by atoms with Gasteiger partial charge in [0.1, 0.15) is 5.60 Å². The lowest BCUT2D eigenvalue weighted by Crippen LogP contribution is -2.59. The van der Waals surface area contributed by atoms with E-state index in [0.717, 1.165) is 0 Å². The number of carbonyl (C=O) groups is 2. The number of carbonyl (C=O) groups excluding carboxylic acids is 2. The van der Waals surface area contributed by atoms with Crippen LogP contribution in [0.25, 0.3) is 5.69 Å².